The van der Waals surface area contributed by atoms with Crippen molar-refractivity contribution in [1.29, 1.82) is 0 Å². The van der Waals surface area contributed by atoms with Crippen LogP contribution in [0.25, 0.3) is 0 Å². The number of amides is 1. The number of carbonyl (C=O) groups excluding carboxylic acids is 3. The molecule has 6 heteroatoms. The monoisotopic (exact) mass is 311 g/mol. The van der Waals surface area contributed by atoms with Crippen molar-refractivity contribution < 1.29 is 24.9 Å². The molecule has 5 nitrogen and oxygen atoms in total. The van der Waals surface area contributed by atoms with Gasteiger partial charge in [-0.2, -0.15) is 0 Å². The van der Waals surface area contributed by atoms with E-state index in [0.717, 1.165) is 0 Å². The van der Waals surface area contributed by atoms with E-state index >= 15 is 0 Å². The molecule has 3 unspecified atom stereocenters. The standard InChI is InChI=1S/C16H20FNO4.H2/c1-4-22-13(20)7-12(19)10(2)18-14(21)11-5-6-15(3)9-16(15,17)8-11;/h5-6,8,10H,4,7,9H2,1-3H3,(H,18,21);1H. The molecule has 0 aromatic heterocycles. The summed E-state index contributed by atoms with van der Waals surface area (Å²) in [6, 6.07) is -0.839. The second-order valence-corrected chi connectivity index (χ2v) is 6.03. The quantitative estimate of drug-likeness (QED) is 0.600. The van der Waals surface area contributed by atoms with Gasteiger partial charge in [0.15, 0.2) is 5.78 Å². The zero-order valence-corrected chi connectivity index (χ0v) is 12.9. The molecule has 0 aliphatic heterocycles. The molecule has 0 bridgehead atoms. The number of esters is 1. The molecule has 0 radical (unpaired) electrons. The zero-order valence-electron chi connectivity index (χ0n) is 12.9. The van der Waals surface area contributed by atoms with E-state index in [1.165, 1.54) is 13.0 Å². The summed E-state index contributed by atoms with van der Waals surface area (Å²) >= 11 is 0. The summed E-state index contributed by atoms with van der Waals surface area (Å²) in [5, 5.41) is 2.48. The lowest BCUT2D eigenvalue weighted by molar-refractivity contribution is -0.146. The smallest absolute Gasteiger partial charge is 0.313 e. The van der Waals surface area contributed by atoms with Crippen molar-refractivity contribution in [2.45, 2.75) is 45.3 Å². The molecule has 1 saturated carbocycles. The molecule has 0 spiro atoms. The lowest BCUT2D eigenvalue weighted by Crippen LogP contribution is -2.40. The minimum absolute atomic E-state index is 0. The van der Waals surface area contributed by atoms with E-state index in [4.69, 9.17) is 0 Å². The summed E-state index contributed by atoms with van der Waals surface area (Å²) in [6.07, 6.45) is 4.54. The average Bonchev–Trinajstić information content (AvgIpc) is 3.00. The highest BCUT2D eigenvalue weighted by atomic mass is 19.1. The number of halogens is 1. The van der Waals surface area contributed by atoms with E-state index in [-0.39, 0.29) is 13.6 Å². The first kappa shape index (κ1) is 16.4. The van der Waals surface area contributed by atoms with E-state index in [2.05, 4.69) is 10.1 Å². The molecule has 1 fully saturated rings. The van der Waals surface area contributed by atoms with Crippen molar-refractivity contribution >= 4 is 17.7 Å². The third kappa shape index (κ3) is 3.10. The van der Waals surface area contributed by atoms with Gasteiger partial charge in [-0.1, -0.05) is 19.1 Å². The zero-order chi connectivity index (χ0) is 16.5. The first-order chi connectivity index (χ1) is 10.2. The molecule has 22 heavy (non-hydrogen) atoms. The fourth-order valence-electron chi connectivity index (χ4n) is 2.48. The molecule has 1 amide bonds. The Morgan fingerprint density at radius 1 is 1.50 bits per heavy atom. The van der Waals surface area contributed by atoms with Gasteiger partial charge in [-0.05, 0) is 26.3 Å². The molecule has 2 rings (SSSR count). The van der Waals surface area contributed by atoms with E-state index in [9.17, 15) is 18.8 Å². The summed E-state index contributed by atoms with van der Waals surface area (Å²) < 4.78 is 18.9. The van der Waals surface area contributed by atoms with Crippen LogP contribution in [0.2, 0.25) is 0 Å². The number of fused-ring (bicyclic) bond motifs is 1. The fourth-order valence-corrected chi connectivity index (χ4v) is 2.48. The number of carbonyl (C=O) groups is 3. The van der Waals surface area contributed by atoms with Crippen molar-refractivity contribution in [3.8, 4) is 0 Å². The molecule has 0 aromatic rings. The van der Waals surface area contributed by atoms with Crippen molar-refractivity contribution in [3.05, 3.63) is 23.8 Å². The maximum atomic E-state index is 14.3. The van der Waals surface area contributed by atoms with Crippen molar-refractivity contribution in [2.75, 3.05) is 6.61 Å². The van der Waals surface area contributed by atoms with E-state index in [1.807, 2.05) is 0 Å². The lowest BCUT2D eigenvalue weighted by atomic mass is 9.96. The van der Waals surface area contributed by atoms with E-state index < -0.39 is 41.2 Å². The normalized spacial score (nSPS) is 29.9. The van der Waals surface area contributed by atoms with Crippen LogP contribution in [-0.4, -0.2) is 36.0 Å². The van der Waals surface area contributed by atoms with Gasteiger partial charge in [0.2, 0.25) is 0 Å². The average molecular weight is 311 g/mol. The predicted molar refractivity (Wildman–Crippen MR) is 79.8 cm³/mol. The highest BCUT2D eigenvalue weighted by molar-refractivity contribution is 6.03. The molecule has 2 aliphatic carbocycles. The van der Waals surface area contributed by atoms with Crippen molar-refractivity contribution in [1.82, 2.24) is 5.32 Å². The minimum atomic E-state index is -1.47. The Bertz CT molecular complexity index is 589. The van der Waals surface area contributed by atoms with Crippen LogP contribution < -0.4 is 5.32 Å². The van der Waals surface area contributed by atoms with Gasteiger partial charge < -0.3 is 10.1 Å². The number of alkyl halides is 1. The number of Topliss-reactive ketones (excluding diaryl/α,β-unsaturated/α-hetero) is 1. The first-order valence-electron chi connectivity index (χ1n) is 7.31. The van der Waals surface area contributed by atoms with Gasteiger partial charge in [0.1, 0.15) is 12.1 Å². The van der Waals surface area contributed by atoms with E-state index in [0.29, 0.717) is 6.42 Å². The maximum absolute atomic E-state index is 14.3. The van der Waals surface area contributed by atoms with E-state index in [1.54, 1.807) is 26.0 Å². The Kier molecular flexibility index (Phi) is 4.22. The van der Waals surface area contributed by atoms with Crippen molar-refractivity contribution in [2.24, 2.45) is 5.41 Å². The van der Waals surface area contributed by atoms with Crippen LogP contribution in [0.1, 0.15) is 35.0 Å². The second-order valence-electron chi connectivity index (χ2n) is 6.03. The van der Waals surface area contributed by atoms with Gasteiger partial charge in [0, 0.05) is 12.4 Å². The molecule has 0 aromatic carbocycles. The predicted octanol–water partition coefficient (Wildman–Crippen LogP) is 1.87. The molecule has 3 atom stereocenters. The van der Waals surface area contributed by atoms with Crippen LogP contribution in [0.4, 0.5) is 4.39 Å². The SMILES string of the molecule is CCOC(=O)CC(=O)C(C)NC(=O)C1=CC2(F)CC2(C)C=C1.[HH]. The maximum Gasteiger partial charge on any atom is 0.313 e. The van der Waals surface area contributed by atoms with Gasteiger partial charge in [-0.25, -0.2) is 4.39 Å². The number of nitrogens with one attached hydrogen (secondary N) is 1. The first-order valence-corrected chi connectivity index (χ1v) is 7.31. The summed E-state index contributed by atoms with van der Waals surface area (Å²) in [7, 11) is 0. The highest BCUT2D eigenvalue weighted by Gasteiger charge is 2.64. The number of hydrogen-bond acceptors (Lipinski definition) is 4. The lowest BCUT2D eigenvalue weighted by Gasteiger charge is -2.17. The number of hydrogen-bond donors (Lipinski definition) is 1. The second kappa shape index (κ2) is 5.66. The molecular formula is C16H22FNO4. The number of rotatable bonds is 6. The van der Waals surface area contributed by atoms with Crippen molar-refractivity contribution in [3.63, 3.8) is 0 Å². The highest BCUT2D eigenvalue weighted by Crippen LogP contribution is 2.63. The Labute approximate surface area is 130 Å². The minimum Gasteiger partial charge on any atom is -0.466 e. The topological polar surface area (TPSA) is 72.5 Å². The third-order valence-corrected chi connectivity index (χ3v) is 4.18. The Morgan fingerprint density at radius 3 is 2.77 bits per heavy atom. The fraction of sp³-hybridized carbons (Fsp3) is 0.562. The molecule has 0 heterocycles. The van der Waals surface area contributed by atoms with Crippen LogP contribution in [0.5, 0.6) is 0 Å². The Morgan fingerprint density at radius 2 is 2.18 bits per heavy atom. The molecule has 122 valence electrons. The van der Waals surface area contributed by atoms with Crippen LogP contribution in [0.15, 0.2) is 23.8 Å². The van der Waals surface area contributed by atoms with Crippen LogP contribution in [0.3, 0.4) is 0 Å². The van der Waals surface area contributed by atoms with Gasteiger partial charge in [0.25, 0.3) is 5.91 Å². The van der Waals surface area contributed by atoms with Gasteiger partial charge >= 0.3 is 5.97 Å². The number of ether oxygens (including phenoxy) is 1. The molecular weight excluding hydrogens is 289 g/mol. The Hall–Kier alpha value is -1.98. The molecule has 2 aliphatic rings. The number of ketones is 1. The summed E-state index contributed by atoms with van der Waals surface area (Å²) in [5.41, 5.74) is -1.78. The van der Waals surface area contributed by atoms with Gasteiger partial charge in [0.05, 0.1) is 12.6 Å². The summed E-state index contributed by atoms with van der Waals surface area (Å²) in [6.45, 7) is 5.12. The molecule has 1 N–H and O–H groups in total. The number of allylic oxidation sites excluding steroid dienone is 2. The van der Waals surface area contributed by atoms with Crippen LogP contribution in [0, 0.1) is 5.41 Å². The molecule has 0 saturated heterocycles. The van der Waals surface area contributed by atoms with Crippen LogP contribution >= 0.6 is 0 Å². The summed E-state index contributed by atoms with van der Waals surface area (Å²) in [4.78, 5) is 35.1. The van der Waals surface area contributed by atoms with Gasteiger partial charge in [-0.3, -0.25) is 14.4 Å². The largest absolute Gasteiger partial charge is 0.466 e. The van der Waals surface area contributed by atoms with Gasteiger partial charge in [-0.15, -0.1) is 0 Å². The van der Waals surface area contributed by atoms with Crippen LogP contribution in [-0.2, 0) is 19.1 Å². The Balaban J connectivity index is 0.00000264. The third-order valence-electron chi connectivity index (χ3n) is 4.18. The summed E-state index contributed by atoms with van der Waals surface area (Å²) in [5.74, 6) is -1.59.